The lowest BCUT2D eigenvalue weighted by atomic mass is 10.0. The van der Waals surface area contributed by atoms with Crippen molar-refractivity contribution in [3.8, 4) is 0 Å². The number of unbranched alkanes of at least 4 members (excludes halogenated alkanes) is 51. The molecule has 0 spiro atoms. The fourth-order valence-electron chi connectivity index (χ4n) is 11.1. The van der Waals surface area contributed by atoms with Gasteiger partial charge in [-0.25, -0.2) is 0 Å². The number of allylic oxidation sites excluding steroid dienone is 4. The predicted molar refractivity (Wildman–Crippen MR) is 338 cm³/mol. The van der Waals surface area contributed by atoms with Crippen molar-refractivity contribution in [2.24, 2.45) is 0 Å². The van der Waals surface area contributed by atoms with Crippen LogP contribution < -0.4 is 5.32 Å². The molecule has 0 aliphatic rings. The lowest BCUT2D eigenvalue weighted by Crippen LogP contribution is -2.45. The van der Waals surface area contributed by atoms with E-state index in [1.54, 1.807) is 0 Å². The van der Waals surface area contributed by atoms with Gasteiger partial charge in [-0.2, -0.15) is 0 Å². The highest BCUT2D eigenvalue weighted by Gasteiger charge is 2.20. The van der Waals surface area contributed by atoms with E-state index in [1.807, 2.05) is 0 Å². The second-order valence-corrected chi connectivity index (χ2v) is 24.2. The number of carbonyl (C=O) groups excluding carboxylic acids is 2. The lowest BCUT2D eigenvalue weighted by molar-refractivity contribution is -0.143. The van der Waals surface area contributed by atoms with Gasteiger partial charge in [-0.05, 0) is 77.0 Å². The van der Waals surface area contributed by atoms with E-state index in [-0.39, 0.29) is 18.5 Å². The van der Waals surface area contributed by atoms with Gasteiger partial charge in [-0.1, -0.05) is 327 Å². The molecule has 2 unspecified atom stereocenters. The Hall–Kier alpha value is -1.66. The fourth-order valence-corrected chi connectivity index (χ4v) is 11.1. The van der Waals surface area contributed by atoms with Crippen molar-refractivity contribution in [1.82, 2.24) is 5.32 Å². The van der Waals surface area contributed by atoms with Gasteiger partial charge in [0.1, 0.15) is 0 Å². The van der Waals surface area contributed by atoms with Gasteiger partial charge in [0.05, 0.1) is 25.4 Å². The topological polar surface area (TPSA) is 95.9 Å². The Bertz CT molecular complexity index is 1200. The standard InChI is InChI=1S/C71H137NO5/c1-3-5-7-9-11-13-15-16-17-18-31-35-38-41-45-49-53-57-61-65-71(76)77-66-62-58-54-50-46-42-39-36-33-30-28-26-24-22-20-19-21-23-25-27-29-32-34-37-40-44-48-52-56-60-64-70(75)72-68(67-73)69(74)63-59-55-51-47-43-14-12-10-8-6-4-2/h16-17,20,22,68-69,73-74H,3-15,18-19,21,23-67H2,1-2H3,(H,72,75)/b17-16-,22-20-. The van der Waals surface area contributed by atoms with Gasteiger partial charge in [0.2, 0.25) is 5.91 Å². The summed E-state index contributed by atoms with van der Waals surface area (Å²) in [6.07, 6.45) is 83.8. The smallest absolute Gasteiger partial charge is 0.305 e. The molecule has 3 N–H and O–H groups in total. The number of amides is 1. The van der Waals surface area contributed by atoms with Crippen LogP contribution in [0.3, 0.4) is 0 Å². The zero-order chi connectivity index (χ0) is 55.7. The van der Waals surface area contributed by atoms with E-state index in [9.17, 15) is 19.8 Å². The SMILES string of the molecule is CCCCCCCC/C=C\CCCCCCCCCCCC(=O)OCCCCCCCCCCCCCC/C=C\CCCCCCCCCCCCCCCCC(=O)NC(CO)C(O)CCCCCCCCCCCCC. The van der Waals surface area contributed by atoms with Crippen molar-refractivity contribution in [1.29, 1.82) is 0 Å². The number of hydrogen-bond acceptors (Lipinski definition) is 5. The van der Waals surface area contributed by atoms with Crippen molar-refractivity contribution >= 4 is 11.9 Å². The summed E-state index contributed by atoms with van der Waals surface area (Å²) in [4.78, 5) is 24.6. The molecule has 0 bridgehead atoms. The summed E-state index contributed by atoms with van der Waals surface area (Å²) in [6, 6.07) is -0.539. The molecule has 0 aliphatic carbocycles. The van der Waals surface area contributed by atoms with Crippen LogP contribution in [0.5, 0.6) is 0 Å². The van der Waals surface area contributed by atoms with E-state index in [0.717, 1.165) is 38.5 Å². The zero-order valence-electron chi connectivity index (χ0n) is 52.2. The van der Waals surface area contributed by atoms with Crippen LogP contribution in [0.15, 0.2) is 24.3 Å². The quantitative estimate of drug-likeness (QED) is 0.0320. The summed E-state index contributed by atoms with van der Waals surface area (Å²) in [5, 5.41) is 23.2. The maximum atomic E-state index is 12.5. The number of esters is 1. The summed E-state index contributed by atoms with van der Waals surface area (Å²) in [5.41, 5.74) is 0. The number of ether oxygens (including phenoxy) is 1. The Morgan fingerprint density at radius 2 is 0.610 bits per heavy atom. The molecule has 6 heteroatoms. The minimum Gasteiger partial charge on any atom is -0.466 e. The first-order chi connectivity index (χ1) is 38.0. The molecule has 0 aromatic carbocycles. The third-order valence-corrected chi connectivity index (χ3v) is 16.5. The van der Waals surface area contributed by atoms with E-state index in [4.69, 9.17) is 4.74 Å². The van der Waals surface area contributed by atoms with Crippen LogP contribution >= 0.6 is 0 Å². The lowest BCUT2D eigenvalue weighted by Gasteiger charge is -2.22. The molecule has 0 heterocycles. The average Bonchev–Trinajstić information content (AvgIpc) is 3.43. The van der Waals surface area contributed by atoms with Gasteiger partial charge < -0.3 is 20.3 Å². The highest BCUT2D eigenvalue weighted by atomic mass is 16.5. The van der Waals surface area contributed by atoms with Crippen molar-refractivity contribution in [3.05, 3.63) is 24.3 Å². The van der Waals surface area contributed by atoms with Crippen LogP contribution in [0.1, 0.15) is 393 Å². The van der Waals surface area contributed by atoms with Crippen molar-refractivity contribution in [2.45, 2.75) is 405 Å². The maximum absolute atomic E-state index is 12.5. The third kappa shape index (κ3) is 63.4. The predicted octanol–water partition coefficient (Wildman–Crippen LogP) is 22.5. The monoisotopic (exact) mass is 1080 g/mol. The first-order valence-corrected chi connectivity index (χ1v) is 35.1. The Morgan fingerprint density at radius 1 is 0.351 bits per heavy atom. The van der Waals surface area contributed by atoms with E-state index in [2.05, 4.69) is 43.5 Å². The first kappa shape index (κ1) is 75.3. The van der Waals surface area contributed by atoms with Crippen LogP contribution in [0.25, 0.3) is 0 Å². The molecule has 77 heavy (non-hydrogen) atoms. The van der Waals surface area contributed by atoms with Crippen LogP contribution in [0, 0.1) is 0 Å². The summed E-state index contributed by atoms with van der Waals surface area (Å²) in [5.74, 6) is -0.0154. The van der Waals surface area contributed by atoms with Gasteiger partial charge in [0, 0.05) is 12.8 Å². The molecule has 1 amide bonds. The largest absolute Gasteiger partial charge is 0.466 e. The third-order valence-electron chi connectivity index (χ3n) is 16.5. The summed E-state index contributed by atoms with van der Waals surface area (Å²) in [6.45, 7) is 4.97. The first-order valence-electron chi connectivity index (χ1n) is 35.1. The van der Waals surface area contributed by atoms with Gasteiger partial charge in [0.25, 0.3) is 0 Å². The molecule has 0 aromatic rings. The Labute approximate surface area is 481 Å². The molecule has 0 aromatic heterocycles. The molecule has 6 nitrogen and oxygen atoms in total. The van der Waals surface area contributed by atoms with Crippen molar-refractivity contribution in [3.63, 3.8) is 0 Å². The van der Waals surface area contributed by atoms with E-state index in [0.29, 0.717) is 25.9 Å². The summed E-state index contributed by atoms with van der Waals surface area (Å²) >= 11 is 0. The van der Waals surface area contributed by atoms with Crippen LogP contribution in [-0.4, -0.2) is 47.4 Å². The normalized spacial score (nSPS) is 12.6. The van der Waals surface area contributed by atoms with Gasteiger partial charge >= 0.3 is 5.97 Å². The number of carbonyl (C=O) groups is 2. The molecule has 0 fully saturated rings. The number of hydrogen-bond donors (Lipinski definition) is 3. The highest BCUT2D eigenvalue weighted by molar-refractivity contribution is 5.76. The van der Waals surface area contributed by atoms with Gasteiger partial charge in [-0.15, -0.1) is 0 Å². The van der Waals surface area contributed by atoms with Gasteiger partial charge in [0.15, 0.2) is 0 Å². The van der Waals surface area contributed by atoms with Crippen LogP contribution in [0.4, 0.5) is 0 Å². The minimum atomic E-state index is -0.661. The number of aliphatic hydroxyl groups excluding tert-OH is 2. The van der Waals surface area contributed by atoms with Crippen molar-refractivity contribution < 1.29 is 24.5 Å². The fraction of sp³-hybridized carbons (Fsp3) is 0.915. The number of nitrogens with one attached hydrogen (secondary N) is 1. The number of rotatable bonds is 66. The van der Waals surface area contributed by atoms with E-state index >= 15 is 0 Å². The molecule has 456 valence electrons. The molecule has 0 saturated carbocycles. The Balaban J connectivity index is 3.33. The van der Waals surface area contributed by atoms with Crippen molar-refractivity contribution in [2.75, 3.05) is 13.2 Å². The molecule has 0 aliphatic heterocycles. The molecule has 0 saturated heterocycles. The average molecular weight is 1080 g/mol. The maximum Gasteiger partial charge on any atom is 0.305 e. The second-order valence-electron chi connectivity index (χ2n) is 24.2. The molecular formula is C71H137NO5. The Kier molecular flexibility index (Phi) is 65.4. The second kappa shape index (κ2) is 66.8. The van der Waals surface area contributed by atoms with Gasteiger partial charge in [-0.3, -0.25) is 9.59 Å². The summed E-state index contributed by atoms with van der Waals surface area (Å²) < 4.78 is 5.51. The van der Waals surface area contributed by atoms with Crippen LogP contribution in [0.2, 0.25) is 0 Å². The van der Waals surface area contributed by atoms with E-state index < -0.39 is 12.1 Å². The molecular weight excluding hydrogens is 947 g/mol. The minimum absolute atomic E-state index is 0.0173. The Morgan fingerprint density at radius 3 is 0.922 bits per heavy atom. The highest BCUT2D eigenvalue weighted by Crippen LogP contribution is 2.18. The van der Waals surface area contributed by atoms with E-state index in [1.165, 1.54) is 321 Å². The molecule has 0 radical (unpaired) electrons. The molecule has 0 rings (SSSR count). The zero-order valence-corrected chi connectivity index (χ0v) is 52.2. The van der Waals surface area contributed by atoms with Crippen LogP contribution in [-0.2, 0) is 14.3 Å². The number of aliphatic hydroxyl groups is 2. The summed E-state index contributed by atoms with van der Waals surface area (Å²) in [7, 11) is 0. The molecule has 2 atom stereocenters.